The number of para-hydroxylation sites is 2. The molecule has 7 nitrogen and oxygen atoms in total. The van der Waals surface area contributed by atoms with Gasteiger partial charge in [-0.05, 0) is 24.3 Å². The fraction of sp³-hybridized carbons (Fsp3) is 0.190. The standard InChI is InChI=1S/C21H21N3O4/c1-27-19-10-6-5-9-17(19)18-13-21(26)24(15-23-18)14-20(25)22-11-12-28-16-7-3-2-4-8-16/h2-10,13,15H,11-12,14H2,1H3,(H,22,25). The SMILES string of the molecule is COc1ccccc1-c1cc(=O)n(CC(=O)NCCOc2ccccc2)cn1. The van der Waals surface area contributed by atoms with Crippen molar-refractivity contribution in [3.05, 3.63) is 77.3 Å². The van der Waals surface area contributed by atoms with Crippen molar-refractivity contribution in [1.82, 2.24) is 14.9 Å². The second-order valence-corrected chi connectivity index (χ2v) is 5.95. The van der Waals surface area contributed by atoms with Gasteiger partial charge in [0, 0.05) is 11.6 Å². The fourth-order valence-electron chi connectivity index (χ4n) is 2.63. The molecule has 0 aliphatic heterocycles. The summed E-state index contributed by atoms with van der Waals surface area (Å²) < 4.78 is 12.1. The zero-order valence-corrected chi connectivity index (χ0v) is 15.5. The number of hydrogen-bond donors (Lipinski definition) is 1. The Morgan fingerprint density at radius 3 is 2.61 bits per heavy atom. The van der Waals surface area contributed by atoms with Gasteiger partial charge in [-0.1, -0.05) is 30.3 Å². The zero-order valence-electron chi connectivity index (χ0n) is 15.5. The number of methoxy groups -OCH3 is 1. The van der Waals surface area contributed by atoms with Crippen LogP contribution >= 0.6 is 0 Å². The van der Waals surface area contributed by atoms with Crippen LogP contribution in [0.3, 0.4) is 0 Å². The second kappa shape index (κ2) is 9.36. The minimum atomic E-state index is -0.313. The monoisotopic (exact) mass is 379 g/mol. The Balaban J connectivity index is 1.55. The summed E-state index contributed by atoms with van der Waals surface area (Å²) in [6.45, 7) is 0.578. The largest absolute Gasteiger partial charge is 0.496 e. The minimum Gasteiger partial charge on any atom is -0.496 e. The average molecular weight is 379 g/mol. The van der Waals surface area contributed by atoms with E-state index in [2.05, 4.69) is 10.3 Å². The van der Waals surface area contributed by atoms with Gasteiger partial charge in [-0.15, -0.1) is 0 Å². The summed E-state index contributed by atoms with van der Waals surface area (Å²) in [5.74, 6) is 1.08. The average Bonchev–Trinajstić information content (AvgIpc) is 2.73. The third-order valence-corrected chi connectivity index (χ3v) is 4.01. The number of amides is 1. The molecule has 0 aliphatic carbocycles. The molecule has 7 heteroatoms. The predicted octanol–water partition coefficient (Wildman–Crippen LogP) is 2.11. The number of nitrogens with zero attached hydrogens (tertiary/aromatic N) is 2. The maximum atomic E-state index is 12.3. The summed E-state index contributed by atoms with van der Waals surface area (Å²) in [7, 11) is 1.56. The molecule has 0 spiro atoms. The van der Waals surface area contributed by atoms with E-state index in [0.29, 0.717) is 24.6 Å². The van der Waals surface area contributed by atoms with Gasteiger partial charge in [-0.2, -0.15) is 0 Å². The third-order valence-electron chi connectivity index (χ3n) is 4.01. The van der Waals surface area contributed by atoms with Crippen molar-refractivity contribution in [3.8, 4) is 22.8 Å². The van der Waals surface area contributed by atoms with Crippen LogP contribution in [0.2, 0.25) is 0 Å². The highest BCUT2D eigenvalue weighted by molar-refractivity contribution is 5.75. The second-order valence-electron chi connectivity index (χ2n) is 5.95. The van der Waals surface area contributed by atoms with Crippen molar-refractivity contribution in [2.45, 2.75) is 6.54 Å². The molecule has 1 N–H and O–H groups in total. The van der Waals surface area contributed by atoms with Gasteiger partial charge in [-0.25, -0.2) is 4.98 Å². The molecule has 0 aliphatic rings. The number of rotatable bonds is 8. The Morgan fingerprint density at radius 2 is 1.86 bits per heavy atom. The van der Waals surface area contributed by atoms with E-state index in [-0.39, 0.29) is 18.0 Å². The van der Waals surface area contributed by atoms with Crippen LogP contribution in [0.25, 0.3) is 11.3 Å². The summed E-state index contributed by atoms with van der Waals surface area (Å²) in [5.41, 5.74) is 0.902. The predicted molar refractivity (Wildman–Crippen MR) is 105 cm³/mol. The number of benzene rings is 2. The summed E-state index contributed by atoms with van der Waals surface area (Å²) >= 11 is 0. The quantitative estimate of drug-likeness (QED) is 0.606. The van der Waals surface area contributed by atoms with Crippen LogP contribution in [0, 0.1) is 0 Å². The first-order valence-electron chi connectivity index (χ1n) is 8.82. The van der Waals surface area contributed by atoms with Gasteiger partial charge in [0.25, 0.3) is 5.56 Å². The van der Waals surface area contributed by atoms with Gasteiger partial charge < -0.3 is 14.8 Å². The molecule has 0 bridgehead atoms. The van der Waals surface area contributed by atoms with Crippen molar-refractivity contribution in [3.63, 3.8) is 0 Å². The number of nitrogens with one attached hydrogen (secondary N) is 1. The van der Waals surface area contributed by atoms with Crippen molar-refractivity contribution < 1.29 is 14.3 Å². The van der Waals surface area contributed by atoms with Gasteiger partial charge in [0.05, 0.1) is 25.7 Å². The van der Waals surface area contributed by atoms with Crippen LogP contribution in [0.1, 0.15) is 0 Å². The van der Waals surface area contributed by atoms with Crippen molar-refractivity contribution in [1.29, 1.82) is 0 Å². The van der Waals surface area contributed by atoms with Crippen molar-refractivity contribution in [2.75, 3.05) is 20.3 Å². The zero-order chi connectivity index (χ0) is 19.8. The highest BCUT2D eigenvalue weighted by atomic mass is 16.5. The van der Waals surface area contributed by atoms with Crippen LogP contribution in [-0.4, -0.2) is 35.7 Å². The smallest absolute Gasteiger partial charge is 0.254 e. The summed E-state index contributed by atoms with van der Waals surface area (Å²) in [4.78, 5) is 28.7. The fourth-order valence-corrected chi connectivity index (χ4v) is 2.63. The highest BCUT2D eigenvalue weighted by Gasteiger charge is 2.10. The van der Waals surface area contributed by atoms with E-state index in [4.69, 9.17) is 9.47 Å². The van der Waals surface area contributed by atoms with E-state index in [1.54, 1.807) is 13.2 Å². The molecule has 144 valence electrons. The first-order valence-corrected chi connectivity index (χ1v) is 8.82. The Morgan fingerprint density at radius 1 is 1.11 bits per heavy atom. The van der Waals surface area contributed by atoms with Gasteiger partial charge in [0.2, 0.25) is 5.91 Å². The van der Waals surface area contributed by atoms with Crippen LogP contribution in [-0.2, 0) is 11.3 Å². The molecule has 1 heterocycles. The van der Waals surface area contributed by atoms with Crippen molar-refractivity contribution in [2.24, 2.45) is 0 Å². The summed E-state index contributed by atoms with van der Waals surface area (Å²) in [6.07, 6.45) is 1.37. The molecule has 0 unspecified atom stereocenters. The van der Waals surface area contributed by atoms with E-state index < -0.39 is 0 Å². The van der Waals surface area contributed by atoms with Gasteiger partial charge >= 0.3 is 0 Å². The normalized spacial score (nSPS) is 10.3. The van der Waals surface area contributed by atoms with Crippen LogP contribution in [0.5, 0.6) is 11.5 Å². The van der Waals surface area contributed by atoms with Crippen molar-refractivity contribution >= 4 is 5.91 Å². The summed E-state index contributed by atoms with van der Waals surface area (Å²) in [6, 6.07) is 18.0. The molecule has 0 saturated carbocycles. The number of aromatic nitrogens is 2. The molecule has 2 aromatic carbocycles. The Hall–Kier alpha value is -3.61. The van der Waals surface area contributed by atoms with E-state index in [0.717, 1.165) is 11.3 Å². The number of hydrogen-bond acceptors (Lipinski definition) is 5. The van der Waals surface area contributed by atoms with E-state index >= 15 is 0 Å². The Bertz CT molecular complexity index is 986. The molecular weight excluding hydrogens is 358 g/mol. The molecule has 3 rings (SSSR count). The first-order chi connectivity index (χ1) is 13.7. The molecule has 0 fully saturated rings. The van der Waals surface area contributed by atoms with E-state index in [1.165, 1.54) is 17.0 Å². The van der Waals surface area contributed by atoms with Crippen LogP contribution < -0.4 is 20.3 Å². The lowest BCUT2D eigenvalue weighted by Gasteiger charge is -2.10. The summed E-state index contributed by atoms with van der Waals surface area (Å²) in [5, 5.41) is 2.72. The van der Waals surface area contributed by atoms with Crippen LogP contribution in [0.4, 0.5) is 0 Å². The van der Waals surface area contributed by atoms with Gasteiger partial charge in [0.1, 0.15) is 24.7 Å². The molecule has 0 radical (unpaired) electrons. The van der Waals surface area contributed by atoms with Crippen LogP contribution in [0.15, 0.2) is 71.8 Å². The minimum absolute atomic E-state index is 0.108. The lowest BCUT2D eigenvalue weighted by molar-refractivity contribution is -0.121. The first kappa shape index (κ1) is 19.2. The molecule has 1 aromatic heterocycles. The van der Waals surface area contributed by atoms with E-state index in [9.17, 15) is 9.59 Å². The molecular formula is C21H21N3O4. The lowest BCUT2D eigenvalue weighted by Crippen LogP contribution is -2.34. The topological polar surface area (TPSA) is 82.5 Å². The molecule has 28 heavy (non-hydrogen) atoms. The van der Waals surface area contributed by atoms with Gasteiger partial charge in [0.15, 0.2) is 0 Å². The molecule has 0 atom stereocenters. The maximum absolute atomic E-state index is 12.3. The molecule has 0 saturated heterocycles. The van der Waals surface area contributed by atoms with Gasteiger partial charge in [-0.3, -0.25) is 14.2 Å². The Labute approximate surface area is 162 Å². The van der Waals surface area contributed by atoms with E-state index in [1.807, 2.05) is 48.5 Å². The Kier molecular flexibility index (Phi) is 6.41. The number of carbonyl (C=O) groups is 1. The number of ether oxygens (including phenoxy) is 2. The molecule has 3 aromatic rings. The number of carbonyl (C=O) groups excluding carboxylic acids is 1. The third kappa shape index (κ3) is 4.97. The lowest BCUT2D eigenvalue weighted by atomic mass is 10.1. The molecule has 1 amide bonds. The highest BCUT2D eigenvalue weighted by Crippen LogP contribution is 2.26. The maximum Gasteiger partial charge on any atom is 0.254 e.